The maximum Gasteiger partial charge on any atom is 0.204 e. The average molecular weight is 424 g/mol. The largest absolute Gasteiger partial charge is 0.493 e. The number of methoxy groups -OCH3 is 3. The van der Waals surface area contributed by atoms with Crippen LogP contribution in [0.25, 0.3) is 10.8 Å². The van der Waals surface area contributed by atoms with Crippen LogP contribution < -0.4 is 19.1 Å². The van der Waals surface area contributed by atoms with Crippen molar-refractivity contribution in [3.8, 4) is 17.2 Å². The maximum atomic E-state index is 9.43. The van der Waals surface area contributed by atoms with E-state index < -0.39 is 0 Å². The molecule has 7 nitrogen and oxygen atoms in total. The molecule has 2 aromatic carbocycles. The van der Waals surface area contributed by atoms with Gasteiger partial charge in [-0.15, -0.1) is 5.10 Å². The number of hydrogen-bond acceptors (Lipinski definition) is 7. The Bertz CT molecular complexity index is 1060. The maximum absolute atomic E-state index is 9.43. The summed E-state index contributed by atoms with van der Waals surface area (Å²) in [5.74, 6) is 3.10. The van der Waals surface area contributed by atoms with Crippen molar-refractivity contribution in [2.45, 2.75) is 25.9 Å². The van der Waals surface area contributed by atoms with Gasteiger partial charge in [0.25, 0.3) is 0 Å². The van der Waals surface area contributed by atoms with E-state index in [0.29, 0.717) is 23.2 Å². The van der Waals surface area contributed by atoms with Crippen molar-refractivity contribution in [2.75, 3.05) is 39.3 Å². The van der Waals surface area contributed by atoms with Crippen LogP contribution in [0.2, 0.25) is 0 Å². The Morgan fingerprint density at radius 2 is 1.84 bits per heavy atom. The first kappa shape index (κ1) is 21.2. The normalized spacial score (nSPS) is 16.4. The van der Waals surface area contributed by atoms with Gasteiger partial charge in [0.1, 0.15) is 0 Å². The van der Waals surface area contributed by atoms with Gasteiger partial charge in [-0.1, -0.05) is 24.3 Å². The second-order valence-electron chi connectivity index (χ2n) is 7.91. The summed E-state index contributed by atoms with van der Waals surface area (Å²) >= 11 is 0. The van der Waals surface area contributed by atoms with E-state index in [1.807, 2.05) is 18.2 Å². The molecule has 0 spiro atoms. The van der Waals surface area contributed by atoms with Crippen LogP contribution >= 0.6 is 0 Å². The minimum atomic E-state index is 0.0728. The molecule has 1 fully saturated rings. The summed E-state index contributed by atoms with van der Waals surface area (Å²) in [6.07, 6.45) is 4.94. The van der Waals surface area contributed by atoms with Crippen molar-refractivity contribution in [3.05, 3.63) is 47.7 Å². The number of anilines is 1. The fraction of sp³-hybridized carbons (Fsp3) is 0.417. The zero-order valence-electron chi connectivity index (χ0n) is 18.3. The standard InChI is InChI=1S/C24H29N3O4/c1-29-21-12-19-20(22(30-2)23(21)31-3)13-25-26-24(19)27-9-5-8-17(14-27)10-16-6-4-7-18(11-16)15-28/h4,6-7,11-13,17,28H,5,8-10,14-15H2,1-3H3. The number of aliphatic hydroxyl groups excluding tert-OH is 1. The number of fused-ring (bicyclic) bond motifs is 1. The van der Waals surface area contributed by atoms with Gasteiger partial charge < -0.3 is 24.2 Å². The van der Waals surface area contributed by atoms with E-state index in [-0.39, 0.29) is 6.61 Å². The molecule has 0 saturated carbocycles. The van der Waals surface area contributed by atoms with E-state index in [1.54, 1.807) is 27.5 Å². The molecule has 1 aliphatic heterocycles. The van der Waals surface area contributed by atoms with Crippen LogP contribution in [-0.2, 0) is 13.0 Å². The lowest BCUT2D eigenvalue weighted by atomic mass is 9.90. The number of aromatic nitrogens is 2. The Hall–Kier alpha value is -3.06. The van der Waals surface area contributed by atoms with Crippen molar-refractivity contribution >= 4 is 16.6 Å². The van der Waals surface area contributed by atoms with E-state index in [1.165, 1.54) is 12.0 Å². The molecule has 1 saturated heterocycles. The summed E-state index contributed by atoms with van der Waals surface area (Å²) in [5.41, 5.74) is 2.22. The lowest BCUT2D eigenvalue weighted by Crippen LogP contribution is -2.37. The quantitative estimate of drug-likeness (QED) is 0.622. The number of piperidine rings is 1. The number of ether oxygens (including phenoxy) is 3. The summed E-state index contributed by atoms with van der Waals surface area (Å²) in [6, 6.07) is 10.2. The Kier molecular flexibility index (Phi) is 6.42. The fourth-order valence-corrected chi connectivity index (χ4v) is 4.53. The van der Waals surface area contributed by atoms with E-state index in [9.17, 15) is 5.11 Å². The highest BCUT2D eigenvalue weighted by Crippen LogP contribution is 2.45. The minimum Gasteiger partial charge on any atom is -0.493 e. The minimum absolute atomic E-state index is 0.0728. The van der Waals surface area contributed by atoms with E-state index in [4.69, 9.17) is 14.2 Å². The predicted octanol–water partition coefficient (Wildman–Crippen LogP) is 3.61. The SMILES string of the molecule is COc1cc2c(N3CCCC(Cc4cccc(CO)c4)C3)nncc2c(OC)c1OC. The third-order valence-corrected chi connectivity index (χ3v) is 5.97. The molecule has 0 amide bonds. The number of benzene rings is 2. The molecule has 3 aromatic rings. The van der Waals surface area contributed by atoms with Gasteiger partial charge in [0.15, 0.2) is 17.3 Å². The summed E-state index contributed by atoms with van der Waals surface area (Å²) in [6.45, 7) is 1.90. The topological polar surface area (TPSA) is 76.9 Å². The van der Waals surface area contributed by atoms with Crippen molar-refractivity contribution in [1.29, 1.82) is 0 Å². The molecule has 31 heavy (non-hydrogen) atoms. The zero-order valence-corrected chi connectivity index (χ0v) is 18.3. The van der Waals surface area contributed by atoms with Crippen LogP contribution in [-0.4, -0.2) is 49.7 Å². The van der Waals surface area contributed by atoms with Gasteiger partial charge in [-0.25, -0.2) is 0 Å². The van der Waals surface area contributed by atoms with Gasteiger partial charge in [-0.3, -0.25) is 0 Å². The first-order valence-corrected chi connectivity index (χ1v) is 10.6. The van der Waals surface area contributed by atoms with E-state index in [0.717, 1.165) is 48.1 Å². The third-order valence-electron chi connectivity index (χ3n) is 5.97. The Labute approximate surface area is 182 Å². The van der Waals surface area contributed by atoms with Gasteiger partial charge in [-0.2, -0.15) is 5.10 Å². The van der Waals surface area contributed by atoms with E-state index >= 15 is 0 Å². The zero-order chi connectivity index (χ0) is 21.8. The molecule has 2 heterocycles. The molecule has 0 radical (unpaired) electrons. The first-order valence-electron chi connectivity index (χ1n) is 10.6. The van der Waals surface area contributed by atoms with Gasteiger partial charge >= 0.3 is 0 Å². The monoisotopic (exact) mass is 423 g/mol. The lowest BCUT2D eigenvalue weighted by molar-refractivity contribution is 0.281. The van der Waals surface area contributed by atoms with Gasteiger partial charge in [0.2, 0.25) is 5.75 Å². The van der Waals surface area contributed by atoms with Crippen LogP contribution in [0.3, 0.4) is 0 Å². The molecule has 0 aliphatic carbocycles. The van der Waals surface area contributed by atoms with Gasteiger partial charge in [-0.05, 0) is 42.4 Å². The molecule has 4 rings (SSSR count). The molecule has 164 valence electrons. The lowest BCUT2D eigenvalue weighted by Gasteiger charge is -2.34. The van der Waals surface area contributed by atoms with E-state index in [2.05, 4.69) is 27.2 Å². The van der Waals surface area contributed by atoms with Crippen LogP contribution in [0.4, 0.5) is 5.82 Å². The molecule has 1 aromatic heterocycles. The second-order valence-corrected chi connectivity index (χ2v) is 7.91. The highest BCUT2D eigenvalue weighted by molar-refractivity contribution is 5.99. The third kappa shape index (κ3) is 4.23. The van der Waals surface area contributed by atoms with Gasteiger partial charge in [0.05, 0.1) is 39.5 Å². The van der Waals surface area contributed by atoms with Crippen molar-refractivity contribution in [2.24, 2.45) is 5.92 Å². The number of nitrogens with zero attached hydrogens (tertiary/aromatic N) is 3. The molecule has 7 heteroatoms. The molecule has 1 aliphatic rings. The Balaban J connectivity index is 1.66. The summed E-state index contributed by atoms with van der Waals surface area (Å²) in [4.78, 5) is 2.31. The molecular formula is C24H29N3O4. The van der Waals surface area contributed by atoms with Crippen LogP contribution in [0.1, 0.15) is 24.0 Å². The predicted molar refractivity (Wildman–Crippen MR) is 120 cm³/mol. The van der Waals surface area contributed by atoms with Crippen molar-refractivity contribution < 1.29 is 19.3 Å². The summed E-state index contributed by atoms with van der Waals surface area (Å²) < 4.78 is 16.7. The number of rotatable bonds is 7. The first-order chi connectivity index (χ1) is 15.2. The Morgan fingerprint density at radius 1 is 1.03 bits per heavy atom. The number of aliphatic hydroxyl groups is 1. The van der Waals surface area contributed by atoms with Crippen molar-refractivity contribution in [1.82, 2.24) is 10.2 Å². The Morgan fingerprint density at radius 3 is 2.58 bits per heavy atom. The molecule has 1 N–H and O–H groups in total. The molecule has 0 bridgehead atoms. The van der Waals surface area contributed by atoms with Crippen LogP contribution in [0, 0.1) is 5.92 Å². The highest BCUT2D eigenvalue weighted by Gasteiger charge is 2.25. The molecular weight excluding hydrogens is 394 g/mol. The second kappa shape index (κ2) is 9.39. The summed E-state index contributed by atoms with van der Waals surface area (Å²) in [5, 5.41) is 20.0. The molecule has 1 atom stereocenters. The van der Waals surface area contributed by atoms with Gasteiger partial charge in [0, 0.05) is 18.5 Å². The smallest absolute Gasteiger partial charge is 0.204 e. The van der Waals surface area contributed by atoms with Crippen LogP contribution in [0.5, 0.6) is 17.2 Å². The number of hydrogen-bond donors (Lipinski definition) is 1. The van der Waals surface area contributed by atoms with Crippen molar-refractivity contribution in [3.63, 3.8) is 0 Å². The fourth-order valence-electron chi connectivity index (χ4n) is 4.53. The molecule has 1 unspecified atom stereocenters. The van der Waals surface area contributed by atoms with Crippen LogP contribution in [0.15, 0.2) is 36.5 Å². The average Bonchev–Trinajstić information content (AvgIpc) is 2.82. The highest BCUT2D eigenvalue weighted by atomic mass is 16.5. The summed E-state index contributed by atoms with van der Waals surface area (Å²) in [7, 11) is 4.84.